The Bertz CT molecular complexity index is 521. The van der Waals surface area contributed by atoms with Gasteiger partial charge in [-0.05, 0) is 56.7 Å². The molecule has 82 valence electrons. The normalized spacial score (nSPS) is 10.2. The quantitative estimate of drug-likeness (QED) is 0.624. The van der Waals surface area contributed by atoms with E-state index in [1.54, 1.807) is 12.1 Å². The van der Waals surface area contributed by atoms with E-state index in [0.717, 1.165) is 9.26 Å². The van der Waals surface area contributed by atoms with Crippen molar-refractivity contribution in [3.05, 3.63) is 44.6 Å². The first-order chi connectivity index (χ1) is 7.65. The summed E-state index contributed by atoms with van der Waals surface area (Å²) < 4.78 is 14.4. The molecule has 0 bridgehead atoms. The monoisotopic (exact) mass is 393 g/mol. The van der Waals surface area contributed by atoms with E-state index in [9.17, 15) is 4.39 Å². The van der Waals surface area contributed by atoms with Crippen molar-refractivity contribution in [2.45, 2.75) is 0 Å². The summed E-state index contributed by atoms with van der Waals surface area (Å²) in [7, 11) is 0. The Morgan fingerprint density at radius 2 is 2.06 bits per heavy atom. The Balaban J connectivity index is 2.27. The number of anilines is 2. The van der Waals surface area contributed by atoms with Crippen LogP contribution in [0.4, 0.5) is 15.9 Å². The van der Waals surface area contributed by atoms with Gasteiger partial charge in [0.15, 0.2) is 0 Å². The van der Waals surface area contributed by atoms with Gasteiger partial charge in [0.2, 0.25) is 0 Å². The lowest BCUT2D eigenvalue weighted by Gasteiger charge is -2.07. The van der Waals surface area contributed by atoms with E-state index in [1.165, 1.54) is 18.5 Å². The first-order valence-corrected chi connectivity index (χ1v) is 6.22. The van der Waals surface area contributed by atoms with Crippen molar-refractivity contribution in [3.8, 4) is 0 Å². The highest BCUT2D eigenvalue weighted by atomic mass is 127. The number of halogens is 3. The van der Waals surface area contributed by atoms with Crippen molar-refractivity contribution in [2.24, 2.45) is 0 Å². The summed E-state index contributed by atoms with van der Waals surface area (Å²) in [6.07, 6.45) is 1.45. The van der Waals surface area contributed by atoms with E-state index in [4.69, 9.17) is 0 Å². The van der Waals surface area contributed by atoms with E-state index in [1.807, 2.05) is 0 Å². The van der Waals surface area contributed by atoms with Crippen molar-refractivity contribution in [1.29, 1.82) is 0 Å². The number of nitrogens with one attached hydrogen (secondary N) is 1. The van der Waals surface area contributed by atoms with Gasteiger partial charge in [-0.2, -0.15) is 0 Å². The third kappa shape index (κ3) is 2.88. The second-order valence-electron chi connectivity index (χ2n) is 2.98. The zero-order valence-corrected chi connectivity index (χ0v) is 11.7. The van der Waals surface area contributed by atoms with Crippen LogP contribution in [0, 0.1) is 9.39 Å². The number of rotatable bonds is 2. The molecule has 6 heteroatoms. The maximum absolute atomic E-state index is 12.9. The van der Waals surface area contributed by atoms with Crippen molar-refractivity contribution in [3.63, 3.8) is 0 Å². The van der Waals surface area contributed by atoms with Crippen molar-refractivity contribution >= 4 is 50.0 Å². The van der Waals surface area contributed by atoms with Crippen molar-refractivity contribution in [2.75, 3.05) is 5.32 Å². The van der Waals surface area contributed by atoms with Crippen LogP contribution < -0.4 is 5.32 Å². The molecule has 0 unspecified atom stereocenters. The molecule has 0 radical (unpaired) electrons. The number of benzene rings is 1. The summed E-state index contributed by atoms with van der Waals surface area (Å²) in [4.78, 5) is 7.97. The molecule has 0 saturated carbocycles. The van der Waals surface area contributed by atoms with Crippen LogP contribution in [0.2, 0.25) is 0 Å². The number of hydrogen-bond acceptors (Lipinski definition) is 3. The lowest BCUT2D eigenvalue weighted by atomic mass is 10.3. The van der Waals surface area contributed by atoms with Crippen LogP contribution in [0.3, 0.4) is 0 Å². The van der Waals surface area contributed by atoms with Gasteiger partial charge in [0.25, 0.3) is 0 Å². The number of aromatic nitrogens is 2. The fraction of sp³-hybridized carbons (Fsp3) is 0. The fourth-order valence-corrected chi connectivity index (χ4v) is 2.05. The zero-order valence-electron chi connectivity index (χ0n) is 7.92. The Labute approximate surface area is 114 Å². The number of nitrogens with zero attached hydrogens (tertiary/aromatic N) is 2. The molecule has 3 nitrogen and oxygen atoms in total. The lowest BCUT2D eigenvalue weighted by Crippen LogP contribution is -1.96. The average molecular weight is 394 g/mol. The highest BCUT2D eigenvalue weighted by molar-refractivity contribution is 14.1. The first-order valence-electron chi connectivity index (χ1n) is 4.35. The molecule has 0 aliphatic rings. The molecule has 0 aliphatic carbocycles. The van der Waals surface area contributed by atoms with Crippen LogP contribution in [-0.2, 0) is 0 Å². The minimum Gasteiger partial charge on any atom is -0.339 e. The van der Waals surface area contributed by atoms with Gasteiger partial charge in [-0.3, -0.25) is 0 Å². The van der Waals surface area contributed by atoms with E-state index in [2.05, 4.69) is 53.8 Å². The molecule has 0 amide bonds. The molecule has 1 heterocycles. The Hall–Kier alpha value is -0.760. The summed E-state index contributed by atoms with van der Waals surface area (Å²) >= 11 is 5.32. The highest BCUT2D eigenvalue weighted by Crippen LogP contribution is 2.22. The third-order valence-corrected chi connectivity index (χ3v) is 3.15. The molecule has 0 atom stereocenters. The molecule has 0 aliphatic heterocycles. The maximum atomic E-state index is 12.9. The predicted molar refractivity (Wildman–Crippen MR) is 72.1 cm³/mol. The molecule has 0 spiro atoms. The SMILES string of the molecule is Fc1ccc(Nc2cc(Br)ncn2)c(I)c1. The van der Waals surface area contributed by atoms with Crippen LogP contribution in [0.15, 0.2) is 35.2 Å². The predicted octanol–water partition coefficient (Wildman–Crippen LogP) is 3.73. The molecular weight excluding hydrogens is 388 g/mol. The summed E-state index contributed by atoms with van der Waals surface area (Å²) in [5.74, 6) is 0.408. The van der Waals surface area contributed by atoms with Crippen molar-refractivity contribution in [1.82, 2.24) is 9.97 Å². The third-order valence-electron chi connectivity index (χ3n) is 1.83. The van der Waals surface area contributed by atoms with Crippen molar-refractivity contribution < 1.29 is 4.39 Å². The van der Waals surface area contributed by atoms with Gasteiger partial charge in [-0.1, -0.05) is 0 Å². The first kappa shape index (κ1) is 11.7. The van der Waals surface area contributed by atoms with Gasteiger partial charge in [-0.15, -0.1) is 0 Å². The van der Waals surface area contributed by atoms with Crippen LogP contribution in [-0.4, -0.2) is 9.97 Å². The van der Waals surface area contributed by atoms with Crippen LogP contribution in [0.25, 0.3) is 0 Å². The molecule has 1 aromatic heterocycles. The van der Waals surface area contributed by atoms with Gasteiger partial charge >= 0.3 is 0 Å². The fourth-order valence-electron chi connectivity index (χ4n) is 1.13. The molecule has 0 saturated heterocycles. The Morgan fingerprint density at radius 3 is 2.75 bits per heavy atom. The average Bonchev–Trinajstić information content (AvgIpc) is 2.22. The van der Waals surface area contributed by atoms with Gasteiger partial charge in [0.1, 0.15) is 22.6 Å². The van der Waals surface area contributed by atoms with E-state index < -0.39 is 0 Å². The largest absolute Gasteiger partial charge is 0.339 e. The molecule has 1 aromatic carbocycles. The van der Waals surface area contributed by atoms with E-state index >= 15 is 0 Å². The van der Waals surface area contributed by atoms with Gasteiger partial charge in [0.05, 0.1) is 5.69 Å². The molecular formula is C10H6BrFIN3. The smallest absolute Gasteiger partial charge is 0.134 e. The Kier molecular flexibility index (Phi) is 3.70. The standard InChI is InChI=1S/C10H6BrFIN3/c11-9-4-10(15-5-14-9)16-8-2-1-6(12)3-7(8)13/h1-5H,(H,14,15,16). The summed E-state index contributed by atoms with van der Waals surface area (Å²) in [6, 6.07) is 6.28. The molecule has 0 fully saturated rings. The maximum Gasteiger partial charge on any atom is 0.134 e. The topological polar surface area (TPSA) is 37.8 Å². The summed E-state index contributed by atoms with van der Waals surface area (Å²) in [5.41, 5.74) is 0.813. The summed E-state index contributed by atoms with van der Waals surface area (Å²) in [6.45, 7) is 0. The van der Waals surface area contributed by atoms with Gasteiger partial charge in [0, 0.05) is 9.64 Å². The van der Waals surface area contributed by atoms with Gasteiger partial charge < -0.3 is 5.32 Å². The van der Waals surface area contributed by atoms with Crippen LogP contribution in [0.5, 0.6) is 0 Å². The zero-order chi connectivity index (χ0) is 11.5. The molecule has 1 N–H and O–H groups in total. The van der Waals surface area contributed by atoms with Gasteiger partial charge in [-0.25, -0.2) is 14.4 Å². The minimum absolute atomic E-state index is 0.251. The number of hydrogen-bond donors (Lipinski definition) is 1. The second kappa shape index (κ2) is 5.05. The second-order valence-corrected chi connectivity index (χ2v) is 4.95. The summed E-state index contributed by atoms with van der Waals surface area (Å²) in [5, 5.41) is 3.08. The lowest BCUT2D eigenvalue weighted by molar-refractivity contribution is 0.627. The van der Waals surface area contributed by atoms with Crippen LogP contribution in [0.1, 0.15) is 0 Å². The van der Waals surface area contributed by atoms with E-state index in [-0.39, 0.29) is 5.82 Å². The van der Waals surface area contributed by atoms with Crippen LogP contribution >= 0.6 is 38.5 Å². The molecule has 16 heavy (non-hydrogen) atoms. The molecule has 2 aromatic rings. The molecule has 2 rings (SSSR count). The Morgan fingerprint density at radius 1 is 1.25 bits per heavy atom. The van der Waals surface area contributed by atoms with E-state index in [0.29, 0.717) is 10.4 Å². The highest BCUT2D eigenvalue weighted by Gasteiger charge is 2.03. The minimum atomic E-state index is -0.251.